The van der Waals surface area contributed by atoms with Gasteiger partial charge in [-0.3, -0.25) is 4.79 Å². The van der Waals surface area contributed by atoms with Gasteiger partial charge in [-0.05, 0) is 12.1 Å². The number of carboxylic acid groups (broad SMARTS) is 1. The van der Waals surface area contributed by atoms with Crippen LogP contribution in [0.2, 0.25) is 0 Å². The van der Waals surface area contributed by atoms with Crippen molar-refractivity contribution in [3.63, 3.8) is 0 Å². The number of carbonyl (C=O) groups excluding carboxylic acids is 1. The molecule has 0 aliphatic carbocycles. The molecule has 1 aromatic carbocycles. The van der Waals surface area contributed by atoms with E-state index in [1.165, 1.54) is 6.07 Å². The lowest BCUT2D eigenvalue weighted by Gasteiger charge is -2.41. The van der Waals surface area contributed by atoms with Gasteiger partial charge in [0.2, 0.25) is 5.91 Å². The van der Waals surface area contributed by atoms with Crippen LogP contribution in [0.4, 0.5) is 11.4 Å². The predicted molar refractivity (Wildman–Crippen MR) is 68.4 cm³/mol. The lowest BCUT2D eigenvalue weighted by molar-refractivity contribution is -0.123. The minimum atomic E-state index is -1.01. The van der Waals surface area contributed by atoms with E-state index in [4.69, 9.17) is 4.74 Å². The number of carboxylic acids is 1. The number of amides is 1. The van der Waals surface area contributed by atoms with Gasteiger partial charge in [0, 0.05) is 26.1 Å². The summed E-state index contributed by atoms with van der Waals surface area (Å²) in [4.78, 5) is 23.5. The summed E-state index contributed by atoms with van der Waals surface area (Å²) in [5.74, 6) is -1.13. The van der Waals surface area contributed by atoms with Gasteiger partial charge in [0.15, 0.2) is 0 Å². The molecule has 0 radical (unpaired) electrons. The molecule has 6 heteroatoms. The van der Waals surface area contributed by atoms with Gasteiger partial charge < -0.3 is 20.5 Å². The molecule has 100 valence electrons. The molecule has 1 fully saturated rings. The molecule has 0 unspecified atom stereocenters. The summed E-state index contributed by atoms with van der Waals surface area (Å²) in [6.45, 7) is 0.982. The fraction of sp³-hybridized carbons (Fsp3) is 0.385. The van der Waals surface area contributed by atoms with Crippen molar-refractivity contribution in [1.29, 1.82) is 0 Å². The zero-order chi connectivity index (χ0) is 13.5. The van der Waals surface area contributed by atoms with Crippen LogP contribution in [0.3, 0.4) is 0 Å². The smallest absolute Gasteiger partial charge is 0.337 e. The first-order chi connectivity index (χ1) is 9.12. The SMILES string of the molecule is O=C(O)c1cccc2c1NC1(CCOCC1)C(=O)N2. The molecule has 2 aliphatic heterocycles. The van der Waals surface area contributed by atoms with Crippen molar-refractivity contribution in [3.05, 3.63) is 23.8 Å². The molecule has 0 bridgehead atoms. The monoisotopic (exact) mass is 262 g/mol. The standard InChI is InChI=1S/C13H14N2O4/c16-11(17)8-2-1-3-9-10(8)15-13(12(18)14-9)4-6-19-7-5-13/h1-3,15H,4-7H2,(H,14,18)(H,16,17). The number of hydrogen-bond donors (Lipinski definition) is 3. The highest BCUT2D eigenvalue weighted by Gasteiger charge is 2.44. The molecule has 0 aromatic heterocycles. The van der Waals surface area contributed by atoms with Gasteiger partial charge in [-0.1, -0.05) is 6.07 Å². The number of para-hydroxylation sites is 1. The van der Waals surface area contributed by atoms with E-state index in [9.17, 15) is 14.7 Å². The minimum Gasteiger partial charge on any atom is -0.478 e. The van der Waals surface area contributed by atoms with Gasteiger partial charge in [-0.25, -0.2) is 4.79 Å². The Balaban J connectivity index is 2.05. The Morgan fingerprint density at radius 3 is 2.74 bits per heavy atom. The van der Waals surface area contributed by atoms with Crippen molar-refractivity contribution in [2.75, 3.05) is 23.8 Å². The maximum absolute atomic E-state index is 12.2. The second-order valence-electron chi connectivity index (χ2n) is 4.81. The molecule has 3 N–H and O–H groups in total. The van der Waals surface area contributed by atoms with Crippen molar-refractivity contribution >= 4 is 23.3 Å². The Morgan fingerprint density at radius 2 is 2.05 bits per heavy atom. The van der Waals surface area contributed by atoms with E-state index in [1.807, 2.05) is 0 Å². The zero-order valence-corrected chi connectivity index (χ0v) is 10.2. The first kappa shape index (κ1) is 12.0. The number of fused-ring (bicyclic) bond motifs is 1. The average Bonchev–Trinajstić information content (AvgIpc) is 2.40. The highest BCUT2D eigenvalue weighted by Crippen LogP contribution is 2.38. The van der Waals surface area contributed by atoms with Crippen LogP contribution in [0.25, 0.3) is 0 Å². The van der Waals surface area contributed by atoms with Crippen LogP contribution in [0.1, 0.15) is 23.2 Å². The Labute approximate surface area is 109 Å². The number of hydrogen-bond acceptors (Lipinski definition) is 4. The number of benzene rings is 1. The summed E-state index contributed by atoms with van der Waals surface area (Å²) >= 11 is 0. The molecule has 2 aliphatic rings. The minimum absolute atomic E-state index is 0.120. The molecule has 0 atom stereocenters. The highest BCUT2D eigenvalue weighted by atomic mass is 16.5. The van der Waals surface area contributed by atoms with E-state index >= 15 is 0 Å². The summed E-state index contributed by atoms with van der Waals surface area (Å²) in [6.07, 6.45) is 1.07. The Hall–Kier alpha value is -2.08. The second-order valence-corrected chi connectivity index (χ2v) is 4.81. The third kappa shape index (κ3) is 1.84. The number of rotatable bonds is 1. The maximum atomic E-state index is 12.2. The zero-order valence-electron chi connectivity index (χ0n) is 10.2. The largest absolute Gasteiger partial charge is 0.478 e. The lowest BCUT2D eigenvalue weighted by atomic mass is 9.86. The normalized spacial score (nSPS) is 20.3. The molecule has 1 spiro atoms. The molecule has 3 rings (SSSR count). The number of nitrogens with one attached hydrogen (secondary N) is 2. The van der Waals surface area contributed by atoms with Gasteiger partial charge in [0.05, 0.1) is 16.9 Å². The van der Waals surface area contributed by atoms with Crippen molar-refractivity contribution < 1.29 is 19.4 Å². The summed E-state index contributed by atoms with van der Waals surface area (Å²) < 4.78 is 5.27. The van der Waals surface area contributed by atoms with Gasteiger partial charge in [0.1, 0.15) is 5.54 Å². The molecule has 1 aromatic rings. The van der Waals surface area contributed by atoms with Crippen molar-refractivity contribution in [3.8, 4) is 0 Å². The van der Waals surface area contributed by atoms with Crippen LogP contribution >= 0.6 is 0 Å². The average molecular weight is 262 g/mol. The van der Waals surface area contributed by atoms with E-state index < -0.39 is 11.5 Å². The molecule has 19 heavy (non-hydrogen) atoms. The molecule has 6 nitrogen and oxygen atoms in total. The summed E-state index contributed by atoms with van der Waals surface area (Å²) in [6, 6.07) is 4.84. The molecule has 1 saturated heterocycles. The van der Waals surface area contributed by atoms with Gasteiger partial charge in [0.25, 0.3) is 0 Å². The van der Waals surface area contributed by atoms with Crippen LogP contribution in [0, 0.1) is 0 Å². The quantitative estimate of drug-likeness (QED) is 0.710. The molecular weight excluding hydrogens is 248 g/mol. The van der Waals surface area contributed by atoms with Crippen LogP contribution in [0.15, 0.2) is 18.2 Å². The molecule has 0 saturated carbocycles. The highest BCUT2D eigenvalue weighted by molar-refractivity contribution is 6.10. The van der Waals surface area contributed by atoms with Gasteiger partial charge in [-0.2, -0.15) is 0 Å². The number of ether oxygens (including phenoxy) is 1. The first-order valence-electron chi connectivity index (χ1n) is 6.16. The fourth-order valence-electron chi connectivity index (χ4n) is 2.58. The summed E-state index contributed by atoms with van der Waals surface area (Å²) in [5.41, 5.74) is 0.415. The Morgan fingerprint density at radius 1 is 1.32 bits per heavy atom. The van der Waals surface area contributed by atoms with E-state index in [1.54, 1.807) is 12.1 Å². The van der Waals surface area contributed by atoms with Crippen molar-refractivity contribution in [2.24, 2.45) is 0 Å². The number of carbonyl (C=O) groups is 2. The number of anilines is 2. The van der Waals surface area contributed by atoms with Crippen LogP contribution in [-0.2, 0) is 9.53 Å². The first-order valence-corrected chi connectivity index (χ1v) is 6.16. The topological polar surface area (TPSA) is 87.7 Å². The summed E-state index contributed by atoms with van der Waals surface area (Å²) in [5, 5.41) is 15.2. The van der Waals surface area contributed by atoms with Crippen LogP contribution in [0.5, 0.6) is 0 Å². The van der Waals surface area contributed by atoms with E-state index in [2.05, 4.69) is 10.6 Å². The Bertz CT molecular complexity index is 550. The molecule has 1 amide bonds. The maximum Gasteiger partial charge on any atom is 0.337 e. The third-order valence-corrected chi connectivity index (χ3v) is 3.69. The molecular formula is C13H14N2O4. The number of aromatic carboxylic acids is 1. The second kappa shape index (κ2) is 4.24. The summed E-state index contributed by atoms with van der Waals surface area (Å²) in [7, 11) is 0. The molecule has 2 heterocycles. The fourth-order valence-corrected chi connectivity index (χ4v) is 2.58. The van der Waals surface area contributed by atoms with E-state index in [0.29, 0.717) is 37.4 Å². The lowest BCUT2D eigenvalue weighted by Crippen LogP contribution is -2.55. The van der Waals surface area contributed by atoms with Crippen molar-refractivity contribution in [1.82, 2.24) is 0 Å². The van der Waals surface area contributed by atoms with Gasteiger partial charge in [-0.15, -0.1) is 0 Å². The van der Waals surface area contributed by atoms with Crippen LogP contribution < -0.4 is 10.6 Å². The van der Waals surface area contributed by atoms with Crippen molar-refractivity contribution in [2.45, 2.75) is 18.4 Å². The van der Waals surface area contributed by atoms with Gasteiger partial charge >= 0.3 is 5.97 Å². The van der Waals surface area contributed by atoms with Crippen LogP contribution in [-0.4, -0.2) is 35.7 Å². The Kier molecular flexibility index (Phi) is 2.67. The van der Waals surface area contributed by atoms with E-state index in [-0.39, 0.29) is 11.5 Å². The van der Waals surface area contributed by atoms with E-state index in [0.717, 1.165) is 0 Å². The third-order valence-electron chi connectivity index (χ3n) is 3.69. The predicted octanol–water partition coefficient (Wildman–Crippen LogP) is 1.30.